The van der Waals surface area contributed by atoms with E-state index >= 15 is 0 Å². The van der Waals surface area contributed by atoms with Crippen molar-refractivity contribution in [1.29, 1.82) is 0 Å². The van der Waals surface area contributed by atoms with Crippen LogP contribution < -0.4 is 5.32 Å². The largest absolute Gasteiger partial charge is 0.311 e. The molecule has 0 bridgehead atoms. The summed E-state index contributed by atoms with van der Waals surface area (Å²) in [4.78, 5) is 0. The maximum atomic E-state index is 4.39. The Kier molecular flexibility index (Phi) is 3.38. The van der Waals surface area contributed by atoms with Crippen LogP contribution in [0.4, 0.5) is 0 Å². The van der Waals surface area contributed by atoms with Gasteiger partial charge < -0.3 is 5.32 Å². The Labute approximate surface area is 114 Å². The first-order valence-corrected chi connectivity index (χ1v) is 7.09. The first-order valence-electron chi connectivity index (χ1n) is 7.09. The van der Waals surface area contributed by atoms with Gasteiger partial charge in [-0.3, -0.25) is 4.68 Å². The predicted molar refractivity (Wildman–Crippen MR) is 77.0 cm³/mol. The number of hydrogen-bond donors (Lipinski definition) is 1. The van der Waals surface area contributed by atoms with E-state index in [1.165, 1.54) is 17.7 Å². The molecule has 1 heterocycles. The third kappa shape index (κ3) is 2.30. The zero-order valence-electron chi connectivity index (χ0n) is 11.6. The minimum absolute atomic E-state index is 0.410. The smallest absolute Gasteiger partial charge is 0.0556 e. The summed E-state index contributed by atoms with van der Waals surface area (Å²) in [6.45, 7) is 3.08. The van der Waals surface area contributed by atoms with Crippen molar-refractivity contribution in [3.8, 4) is 0 Å². The summed E-state index contributed by atoms with van der Waals surface area (Å²) in [6, 6.07) is 13.4. The van der Waals surface area contributed by atoms with E-state index in [9.17, 15) is 0 Å². The Morgan fingerprint density at radius 2 is 2.11 bits per heavy atom. The standard InChI is InChI=1S/C16H21N3/c1-3-19-15(9-10-18-19)16(17-2)14-11-13(14)12-7-5-4-6-8-12/h4-10,13-14,16-17H,3,11H2,1-2H3. The fraction of sp³-hybridized carbons (Fsp3) is 0.438. The molecule has 3 rings (SSSR count). The van der Waals surface area contributed by atoms with E-state index in [0.717, 1.165) is 6.54 Å². The predicted octanol–water partition coefficient (Wildman–Crippen LogP) is 2.97. The van der Waals surface area contributed by atoms with Crippen molar-refractivity contribution in [2.75, 3.05) is 7.05 Å². The van der Waals surface area contributed by atoms with E-state index in [2.05, 4.69) is 65.5 Å². The van der Waals surface area contributed by atoms with E-state index in [1.807, 2.05) is 6.20 Å². The second kappa shape index (κ2) is 5.17. The topological polar surface area (TPSA) is 29.9 Å². The van der Waals surface area contributed by atoms with Crippen LogP contribution in [0.1, 0.15) is 36.6 Å². The molecule has 1 aromatic carbocycles. The Bertz CT molecular complexity index is 532. The molecule has 3 nitrogen and oxygen atoms in total. The molecule has 100 valence electrons. The summed E-state index contributed by atoms with van der Waals surface area (Å²) >= 11 is 0. The van der Waals surface area contributed by atoms with Crippen LogP contribution in [-0.4, -0.2) is 16.8 Å². The summed E-state index contributed by atoms with van der Waals surface area (Å²) in [6.07, 6.45) is 3.17. The molecule has 0 aliphatic heterocycles. The van der Waals surface area contributed by atoms with Crippen molar-refractivity contribution in [3.05, 3.63) is 53.9 Å². The first kappa shape index (κ1) is 12.4. The van der Waals surface area contributed by atoms with Gasteiger partial charge >= 0.3 is 0 Å². The quantitative estimate of drug-likeness (QED) is 0.890. The summed E-state index contributed by atoms with van der Waals surface area (Å²) < 4.78 is 2.10. The van der Waals surface area contributed by atoms with Crippen molar-refractivity contribution >= 4 is 0 Å². The zero-order valence-corrected chi connectivity index (χ0v) is 11.6. The summed E-state index contributed by atoms with van der Waals surface area (Å²) in [5.74, 6) is 1.38. The average Bonchev–Trinajstić information content (AvgIpc) is 3.10. The van der Waals surface area contributed by atoms with Crippen molar-refractivity contribution < 1.29 is 0 Å². The van der Waals surface area contributed by atoms with Gasteiger partial charge in [0.15, 0.2) is 0 Å². The van der Waals surface area contributed by atoms with Gasteiger partial charge in [-0.15, -0.1) is 0 Å². The number of aromatic nitrogens is 2. The Morgan fingerprint density at radius 3 is 2.79 bits per heavy atom. The van der Waals surface area contributed by atoms with Crippen molar-refractivity contribution in [2.24, 2.45) is 5.92 Å². The third-order valence-electron chi connectivity index (χ3n) is 4.17. The summed E-state index contributed by atoms with van der Waals surface area (Å²) in [5, 5.41) is 7.87. The number of rotatable bonds is 5. The molecule has 1 N–H and O–H groups in total. The van der Waals surface area contributed by atoms with Crippen molar-refractivity contribution in [2.45, 2.75) is 31.8 Å². The van der Waals surface area contributed by atoms with E-state index in [0.29, 0.717) is 17.9 Å². The van der Waals surface area contributed by atoms with E-state index in [-0.39, 0.29) is 0 Å². The minimum atomic E-state index is 0.410. The molecule has 0 saturated heterocycles. The van der Waals surface area contributed by atoms with Crippen LogP contribution in [0, 0.1) is 5.92 Å². The SMILES string of the molecule is CCn1nccc1C(NC)C1CC1c1ccccc1. The molecule has 0 amide bonds. The van der Waals surface area contributed by atoms with Gasteiger partial charge in [0, 0.05) is 12.7 Å². The molecule has 0 radical (unpaired) electrons. The monoisotopic (exact) mass is 255 g/mol. The minimum Gasteiger partial charge on any atom is -0.311 e. The summed E-state index contributed by atoms with van der Waals surface area (Å²) in [7, 11) is 2.05. The van der Waals surface area contributed by atoms with E-state index in [4.69, 9.17) is 0 Å². The maximum absolute atomic E-state index is 4.39. The van der Waals surface area contributed by atoms with Crippen LogP contribution in [0.15, 0.2) is 42.6 Å². The molecular formula is C16H21N3. The van der Waals surface area contributed by atoms with Crippen LogP contribution in [0.3, 0.4) is 0 Å². The molecule has 1 saturated carbocycles. The number of nitrogens with one attached hydrogen (secondary N) is 1. The van der Waals surface area contributed by atoms with E-state index < -0.39 is 0 Å². The highest BCUT2D eigenvalue weighted by molar-refractivity contribution is 5.28. The zero-order chi connectivity index (χ0) is 13.2. The number of aryl methyl sites for hydroxylation is 1. The van der Waals surface area contributed by atoms with Gasteiger partial charge in [-0.1, -0.05) is 30.3 Å². The van der Waals surface area contributed by atoms with Gasteiger partial charge in [-0.25, -0.2) is 0 Å². The van der Waals surface area contributed by atoms with Crippen LogP contribution in [0.5, 0.6) is 0 Å². The Balaban J connectivity index is 1.79. The number of nitrogens with zero attached hydrogens (tertiary/aromatic N) is 2. The highest BCUT2D eigenvalue weighted by Gasteiger charge is 2.44. The molecule has 3 atom stereocenters. The van der Waals surface area contributed by atoms with Crippen molar-refractivity contribution in [1.82, 2.24) is 15.1 Å². The van der Waals surface area contributed by atoms with Gasteiger partial charge in [0.1, 0.15) is 0 Å². The van der Waals surface area contributed by atoms with Crippen LogP contribution in [-0.2, 0) is 6.54 Å². The molecule has 1 aromatic heterocycles. The number of hydrogen-bond acceptors (Lipinski definition) is 2. The second-order valence-electron chi connectivity index (χ2n) is 5.25. The molecular weight excluding hydrogens is 234 g/mol. The molecule has 1 fully saturated rings. The highest BCUT2D eigenvalue weighted by Crippen LogP contribution is 2.53. The second-order valence-corrected chi connectivity index (χ2v) is 5.25. The molecule has 3 unspecified atom stereocenters. The lowest BCUT2D eigenvalue weighted by Gasteiger charge is -2.17. The fourth-order valence-electron chi connectivity index (χ4n) is 3.12. The van der Waals surface area contributed by atoms with Gasteiger partial charge in [0.2, 0.25) is 0 Å². The van der Waals surface area contributed by atoms with Crippen LogP contribution in [0.25, 0.3) is 0 Å². The van der Waals surface area contributed by atoms with Gasteiger partial charge in [0.05, 0.1) is 11.7 Å². The fourth-order valence-corrected chi connectivity index (χ4v) is 3.12. The van der Waals surface area contributed by atoms with Gasteiger partial charge in [-0.05, 0) is 43.9 Å². The lowest BCUT2D eigenvalue weighted by Crippen LogP contribution is -2.22. The molecule has 19 heavy (non-hydrogen) atoms. The maximum Gasteiger partial charge on any atom is 0.0556 e. The van der Waals surface area contributed by atoms with Gasteiger partial charge in [0.25, 0.3) is 0 Å². The third-order valence-corrected chi connectivity index (χ3v) is 4.17. The molecule has 0 spiro atoms. The number of benzene rings is 1. The first-order chi connectivity index (χ1) is 9.35. The Hall–Kier alpha value is -1.61. The summed E-state index contributed by atoms with van der Waals surface area (Å²) in [5.41, 5.74) is 2.78. The highest BCUT2D eigenvalue weighted by atomic mass is 15.3. The lowest BCUT2D eigenvalue weighted by atomic mass is 10.0. The van der Waals surface area contributed by atoms with E-state index in [1.54, 1.807) is 0 Å². The van der Waals surface area contributed by atoms with Crippen molar-refractivity contribution in [3.63, 3.8) is 0 Å². The molecule has 1 aliphatic carbocycles. The molecule has 3 heteroatoms. The van der Waals surface area contributed by atoms with Gasteiger partial charge in [-0.2, -0.15) is 5.10 Å². The lowest BCUT2D eigenvalue weighted by molar-refractivity contribution is 0.465. The Morgan fingerprint density at radius 1 is 1.32 bits per heavy atom. The average molecular weight is 255 g/mol. The molecule has 2 aromatic rings. The molecule has 1 aliphatic rings. The van der Waals surface area contributed by atoms with Crippen LogP contribution >= 0.6 is 0 Å². The van der Waals surface area contributed by atoms with Crippen LogP contribution in [0.2, 0.25) is 0 Å². The normalized spacial score (nSPS) is 23.3.